The first-order valence-corrected chi connectivity index (χ1v) is 13.2. The van der Waals surface area contributed by atoms with Gasteiger partial charge in [0.25, 0.3) is 0 Å². The lowest BCUT2D eigenvalue weighted by Gasteiger charge is -2.21. The number of rotatable bonds is 9. The predicted octanol–water partition coefficient (Wildman–Crippen LogP) is 4.79. The quantitative estimate of drug-likeness (QED) is 0.414. The van der Waals surface area contributed by atoms with E-state index in [9.17, 15) is 13.2 Å². The molecule has 0 aliphatic heterocycles. The van der Waals surface area contributed by atoms with Gasteiger partial charge in [-0.3, -0.25) is 9.69 Å². The fourth-order valence-corrected chi connectivity index (χ4v) is 5.69. The summed E-state index contributed by atoms with van der Waals surface area (Å²) in [4.78, 5) is 21.9. The molecule has 0 aliphatic rings. The van der Waals surface area contributed by atoms with Crippen LogP contribution in [-0.2, 0) is 14.6 Å². The van der Waals surface area contributed by atoms with E-state index < -0.39 is 9.84 Å². The molecule has 0 bridgehead atoms. The molecular weight excluding hydrogens is 478 g/mol. The smallest absolute Gasteiger partial charge is 0.229 e. The lowest BCUT2D eigenvalue weighted by molar-refractivity contribution is -0.118. The first-order valence-electron chi connectivity index (χ1n) is 10.7. The highest BCUT2D eigenvalue weighted by atomic mass is 35.5. The molecule has 0 aliphatic carbocycles. The minimum Gasteiger partial charge on any atom is -0.309 e. The molecule has 2 aromatic carbocycles. The predicted molar refractivity (Wildman–Crippen MR) is 140 cm³/mol. The molecule has 9 heteroatoms. The number of hydrogen-bond acceptors (Lipinski definition) is 6. The van der Waals surface area contributed by atoms with Gasteiger partial charge in [0.2, 0.25) is 5.91 Å². The van der Waals surface area contributed by atoms with Crippen LogP contribution < -0.4 is 4.90 Å². The van der Waals surface area contributed by atoms with Crippen molar-refractivity contribution in [3.05, 3.63) is 53.1 Å². The number of sulfone groups is 1. The molecule has 0 spiro atoms. The van der Waals surface area contributed by atoms with Crippen LogP contribution in [0.25, 0.3) is 10.2 Å². The van der Waals surface area contributed by atoms with Gasteiger partial charge in [-0.25, -0.2) is 13.4 Å². The molecule has 6 nitrogen and oxygen atoms in total. The molecule has 33 heavy (non-hydrogen) atoms. The fraction of sp³-hybridized carbons (Fsp3) is 0.417. The topological polar surface area (TPSA) is 70.6 Å². The highest BCUT2D eigenvalue weighted by Gasteiger charge is 2.23. The molecule has 180 valence electrons. The average molecular weight is 510 g/mol. The van der Waals surface area contributed by atoms with Gasteiger partial charge in [0.05, 0.1) is 20.9 Å². The Morgan fingerprint density at radius 2 is 1.64 bits per heavy atom. The van der Waals surface area contributed by atoms with Crippen LogP contribution in [0.3, 0.4) is 0 Å². The number of aromatic nitrogens is 1. The highest BCUT2D eigenvalue weighted by molar-refractivity contribution is 7.91. The lowest BCUT2D eigenvalue weighted by Crippen LogP contribution is -2.34. The SMILES string of the molecule is Cc1ccc(S(=O)(=O)CCC(=O)N(CCCN(C)C)c2nc3cc(C)c(C)cc3s2)cc1.Cl. The van der Waals surface area contributed by atoms with Crippen LogP contribution in [0.5, 0.6) is 0 Å². The van der Waals surface area contributed by atoms with Crippen molar-refractivity contribution >= 4 is 54.8 Å². The molecule has 0 saturated carbocycles. The molecule has 1 amide bonds. The van der Waals surface area contributed by atoms with Crippen molar-refractivity contribution in [1.29, 1.82) is 0 Å². The number of thiazole rings is 1. The summed E-state index contributed by atoms with van der Waals surface area (Å²) < 4.78 is 26.5. The number of carbonyl (C=O) groups is 1. The van der Waals surface area contributed by atoms with E-state index in [1.807, 2.05) is 34.0 Å². The Balaban J connectivity index is 0.00000385. The summed E-state index contributed by atoms with van der Waals surface area (Å²) in [5.41, 5.74) is 4.20. The third-order valence-corrected chi connectivity index (χ3v) is 8.25. The maximum absolute atomic E-state index is 13.2. The molecule has 0 fully saturated rings. The molecule has 1 heterocycles. The van der Waals surface area contributed by atoms with E-state index in [1.165, 1.54) is 16.9 Å². The number of nitrogens with zero attached hydrogens (tertiary/aromatic N) is 3. The maximum Gasteiger partial charge on any atom is 0.229 e. The Hall–Kier alpha value is -2.00. The summed E-state index contributed by atoms with van der Waals surface area (Å²) in [6.07, 6.45) is 0.698. The van der Waals surface area contributed by atoms with E-state index in [-0.39, 0.29) is 35.4 Å². The summed E-state index contributed by atoms with van der Waals surface area (Å²) in [5, 5.41) is 0.626. The Bertz CT molecular complexity index is 1170. The summed E-state index contributed by atoms with van der Waals surface area (Å²) in [7, 11) is 0.449. The van der Waals surface area contributed by atoms with E-state index in [1.54, 1.807) is 29.2 Å². The average Bonchev–Trinajstić information content (AvgIpc) is 3.12. The molecule has 0 saturated heterocycles. The molecule has 3 rings (SSSR count). The summed E-state index contributed by atoms with van der Waals surface area (Å²) in [5.74, 6) is -0.436. The number of hydrogen-bond donors (Lipinski definition) is 0. The zero-order valence-corrected chi connectivity index (χ0v) is 22.2. The first kappa shape index (κ1) is 27.2. The molecular formula is C24H32ClN3O3S2. The highest BCUT2D eigenvalue weighted by Crippen LogP contribution is 2.31. The fourth-order valence-electron chi connectivity index (χ4n) is 3.38. The molecule has 0 atom stereocenters. The molecule has 1 aromatic heterocycles. The molecule has 0 N–H and O–H groups in total. The second-order valence-corrected chi connectivity index (χ2v) is 11.6. The van der Waals surface area contributed by atoms with Gasteiger partial charge in [0, 0.05) is 13.0 Å². The van der Waals surface area contributed by atoms with Crippen LogP contribution in [0.4, 0.5) is 5.13 Å². The lowest BCUT2D eigenvalue weighted by atomic mass is 10.1. The third kappa shape index (κ3) is 6.99. The first-order chi connectivity index (χ1) is 15.1. The van der Waals surface area contributed by atoms with Crippen molar-refractivity contribution in [2.45, 2.75) is 38.5 Å². The van der Waals surface area contributed by atoms with Crippen LogP contribution in [-0.4, -0.2) is 57.1 Å². The molecule has 0 unspecified atom stereocenters. The Labute approximate surface area is 207 Å². The number of benzene rings is 2. The second kappa shape index (κ2) is 11.4. The standard InChI is InChI=1S/C24H31N3O3S2.ClH/c1-17-7-9-20(10-8-17)32(29,30)14-11-23(28)27(13-6-12-26(4)5)24-25-21-15-18(2)19(3)16-22(21)31-24;/h7-10,15-16H,6,11-14H2,1-5H3;1H. The zero-order valence-electron chi connectivity index (χ0n) is 19.8. The number of carbonyl (C=O) groups excluding carboxylic acids is 1. The van der Waals surface area contributed by atoms with E-state index in [0.717, 1.165) is 34.3 Å². The van der Waals surface area contributed by atoms with E-state index in [2.05, 4.69) is 17.9 Å². The minimum absolute atomic E-state index is 0. The van der Waals surface area contributed by atoms with Gasteiger partial charge in [-0.2, -0.15) is 0 Å². The monoisotopic (exact) mass is 509 g/mol. The van der Waals surface area contributed by atoms with Gasteiger partial charge < -0.3 is 4.90 Å². The van der Waals surface area contributed by atoms with Gasteiger partial charge in [-0.1, -0.05) is 29.0 Å². The van der Waals surface area contributed by atoms with Crippen molar-refractivity contribution in [1.82, 2.24) is 9.88 Å². The van der Waals surface area contributed by atoms with Crippen LogP contribution >= 0.6 is 23.7 Å². The maximum atomic E-state index is 13.2. The number of anilines is 1. The summed E-state index contributed by atoms with van der Waals surface area (Å²) >= 11 is 1.48. The largest absolute Gasteiger partial charge is 0.309 e. The summed E-state index contributed by atoms with van der Waals surface area (Å²) in [6, 6.07) is 10.9. The van der Waals surface area contributed by atoms with Crippen LogP contribution in [0, 0.1) is 20.8 Å². The van der Waals surface area contributed by atoms with E-state index in [4.69, 9.17) is 4.98 Å². The Morgan fingerprint density at radius 1 is 1.00 bits per heavy atom. The Morgan fingerprint density at radius 3 is 2.27 bits per heavy atom. The van der Waals surface area contributed by atoms with Gasteiger partial charge in [0.1, 0.15) is 0 Å². The van der Waals surface area contributed by atoms with Crippen LogP contribution in [0.1, 0.15) is 29.5 Å². The zero-order chi connectivity index (χ0) is 23.5. The third-order valence-electron chi connectivity index (χ3n) is 5.48. The minimum atomic E-state index is -3.53. The van der Waals surface area contributed by atoms with Gasteiger partial charge in [-0.15, -0.1) is 12.4 Å². The molecule has 3 aromatic rings. The van der Waals surface area contributed by atoms with Crippen LogP contribution in [0.15, 0.2) is 41.3 Å². The van der Waals surface area contributed by atoms with Crippen molar-refractivity contribution < 1.29 is 13.2 Å². The van der Waals surface area contributed by atoms with Gasteiger partial charge in [-0.05, 0) is 83.2 Å². The second-order valence-electron chi connectivity index (χ2n) is 8.48. The molecule has 0 radical (unpaired) electrons. The number of aryl methyl sites for hydroxylation is 3. The van der Waals surface area contributed by atoms with E-state index in [0.29, 0.717) is 11.7 Å². The summed E-state index contributed by atoms with van der Waals surface area (Å²) in [6.45, 7) is 7.34. The normalized spacial score (nSPS) is 11.6. The van der Waals surface area contributed by atoms with Crippen LogP contribution in [0.2, 0.25) is 0 Å². The number of halogens is 1. The number of fused-ring (bicyclic) bond motifs is 1. The Kier molecular flexibility index (Phi) is 9.43. The van der Waals surface area contributed by atoms with Crippen molar-refractivity contribution in [3.8, 4) is 0 Å². The van der Waals surface area contributed by atoms with Gasteiger partial charge >= 0.3 is 0 Å². The van der Waals surface area contributed by atoms with Crippen molar-refractivity contribution in [2.24, 2.45) is 0 Å². The van der Waals surface area contributed by atoms with Gasteiger partial charge in [0.15, 0.2) is 15.0 Å². The van der Waals surface area contributed by atoms with E-state index >= 15 is 0 Å². The van der Waals surface area contributed by atoms with Crippen molar-refractivity contribution in [3.63, 3.8) is 0 Å². The number of amides is 1. The van der Waals surface area contributed by atoms with Crippen molar-refractivity contribution in [2.75, 3.05) is 37.8 Å².